The normalized spacial score (nSPS) is 12.3. The van der Waals surface area contributed by atoms with Crippen molar-refractivity contribution in [3.63, 3.8) is 0 Å². The zero-order valence-corrected chi connectivity index (χ0v) is 14.7. The van der Waals surface area contributed by atoms with Gasteiger partial charge in [-0.15, -0.1) is 28.3 Å². The summed E-state index contributed by atoms with van der Waals surface area (Å²) < 4.78 is 11.1. The molecular weight excluding hydrogens is 376 g/mol. The topological polar surface area (TPSA) is 43.4 Å². The van der Waals surface area contributed by atoms with Gasteiger partial charge < -0.3 is 14.8 Å². The van der Waals surface area contributed by atoms with Crippen LogP contribution in [0.15, 0.2) is 53.9 Å². The van der Waals surface area contributed by atoms with Crippen molar-refractivity contribution in [3.8, 4) is 22.8 Å². The van der Waals surface area contributed by atoms with Crippen LogP contribution in [0, 0.1) is 0 Å². The van der Waals surface area contributed by atoms with Gasteiger partial charge in [-0.2, -0.15) is 0 Å². The fraction of sp³-hybridized carbons (Fsp3) is 0.118. The van der Waals surface area contributed by atoms with Crippen LogP contribution < -0.4 is 14.8 Å². The summed E-state index contributed by atoms with van der Waals surface area (Å²) in [5, 5.41) is 6.22. The van der Waals surface area contributed by atoms with E-state index in [1.807, 2.05) is 36.4 Å². The average Bonchev–Trinajstić information content (AvgIpc) is 3.04. The highest BCUT2D eigenvalue weighted by Crippen LogP contribution is 2.34. The third-order valence-corrected chi connectivity index (χ3v) is 4.12. The van der Waals surface area contributed by atoms with E-state index in [1.54, 1.807) is 11.3 Å². The van der Waals surface area contributed by atoms with Gasteiger partial charge in [0.15, 0.2) is 16.6 Å². The lowest BCUT2D eigenvalue weighted by Crippen LogP contribution is -2.15. The molecule has 0 aliphatic carbocycles. The number of nitrogens with zero attached hydrogens (tertiary/aromatic N) is 1. The molecule has 1 N–H and O–H groups in total. The Bertz CT molecular complexity index is 792. The number of thiazole rings is 1. The van der Waals surface area contributed by atoms with Gasteiger partial charge in [0, 0.05) is 22.7 Å². The lowest BCUT2D eigenvalue weighted by Gasteiger charge is -2.18. The molecule has 4 rings (SSSR count). The first-order valence-corrected chi connectivity index (χ1v) is 7.94. The number of aromatic nitrogens is 1. The molecule has 0 fully saturated rings. The zero-order valence-electron chi connectivity index (χ0n) is 12.2. The molecule has 1 aliphatic heterocycles. The number of anilines is 2. The van der Waals surface area contributed by atoms with Crippen LogP contribution in [0.5, 0.6) is 11.5 Å². The Morgan fingerprint density at radius 3 is 2.57 bits per heavy atom. The molecule has 0 amide bonds. The number of hydrogen-bond acceptors (Lipinski definition) is 5. The standard InChI is InChI=1S/C17H14N2O2S.BrH/c1-2-4-12(5-3-1)14-11-22-17(19-14)18-13-6-7-15-16(10-13)21-9-8-20-15;/h1-7,10-11H,8-9H2,(H,18,19);1H. The molecule has 0 saturated heterocycles. The van der Waals surface area contributed by atoms with E-state index >= 15 is 0 Å². The van der Waals surface area contributed by atoms with Gasteiger partial charge in [0.05, 0.1) is 5.69 Å². The molecule has 2 aromatic carbocycles. The minimum atomic E-state index is 0. The molecule has 0 atom stereocenters. The summed E-state index contributed by atoms with van der Waals surface area (Å²) in [4.78, 5) is 4.62. The van der Waals surface area contributed by atoms with E-state index in [1.165, 1.54) is 0 Å². The van der Waals surface area contributed by atoms with Crippen molar-refractivity contribution >= 4 is 39.1 Å². The van der Waals surface area contributed by atoms with Crippen LogP contribution in [0.2, 0.25) is 0 Å². The molecule has 0 radical (unpaired) electrons. The van der Waals surface area contributed by atoms with Gasteiger partial charge in [0.2, 0.25) is 0 Å². The number of fused-ring (bicyclic) bond motifs is 1. The Morgan fingerprint density at radius 1 is 0.957 bits per heavy atom. The minimum Gasteiger partial charge on any atom is -0.486 e. The van der Waals surface area contributed by atoms with E-state index in [2.05, 4.69) is 27.8 Å². The fourth-order valence-electron chi connectivity index (χ4n) is 2.32. The number of hydrogen-bond donors (Lipinski definition) is 1. The zero-order chi connectivity index (χ0) is 14.8. The second kappa shape index (κ2) is 7.02. The van der Waals surface area contributed by atoms with Gasteiger partial charge in [-0.05, 0) is 12.1 Å². The van der Waals surface area contributed by atoms with Crippen LogP contribution in [0.1, 0.15) is 0 Å². The molecule has 4 nitrogen and oxygen atoms in total. The lowest BCUT2D eigenvalue weighted by molar-refractivity contribution is 0.171. The third-order valence-electron chi connectivity index (χ3n) is 3.37. The lowest BCUT2D eigenvalue weighted by atomic mass is 10.2. The maximum absolute atomic E-state index is 5.59. The summed E-state index contributed by atoms with van der Waals surface area (Å²) in [7, 11) is 0. The monoisotopic (exact) mass is 390 g/mol. The van der Waals surface area contributed by atoms with Crippen molar-refractivity contribution in [2.75, 3.05) is 18.5 Å². The Balaban J connectivity index is 0.00000156. The van der Waals surface area contributed by atoms with Gasteiger partial charge in [-0.1, -0.05) is 30.3 Å². The second-order valence-corrected chi connectivity index (χ2v) is 5.75. The summed E-state index contributed by atoms with van der Waals surface area (Å²) >= 11 is 1.58. The van der Waals surface area contributed by atoms with Gasteiger partial charge in [-0.25, -0.2) is 4.98 Å². The van der Waals surface area contributed by atoms with E-state index in [0.717, 1.165) is 33.6 Å². The van der Waals surface area contributed by atoms with E-state index in [0.29, 0.717) is 13.2 Å². The molecule has 2 heterocycles. The Labute approximate surface area is 148 Å². The smallest absolute Gasteiger partial charge is 0.187 e. The van der Waals surface area contributed by atoms with Gasteiger partial charge in [0.25, 0.3) is 0 Å². The molecule has 1 aliphatic rings. The van der Waals surface area contributed by atoms with E-state index in [9.17, 15) is 0 Å². The molecule has 0 bridgehead atoms. The van der Waals surface area contributed by atoms with Crippen LogP contribution in [0.3, 0.4) is 0 Å². The summed E-state index contributed by atoms with van der Waals surface area (Å²) in [5.41, 5.74) is 3.04. The third kappa shape index (κ3) is 3.48. The van der Waals surface area contributed by atoms with Crippen LogP contribution >= 0.6 is 28.3 Å². The maximum atomic E-state index is 5.59. The first kappa shape index (κ1) is 15.8. The van der Waals surface area contributed by atoms with Crippen LogP contribution in [-0.2, 0) is 0 Å². The molecule has 6 heteroatoms. The SMILES string of the molecule is Br.c1ccc(-c2csc(Nc3ccc4c(c3)OCCO4)n2)cc1. The average molecular weight is 391 g/mol. The number of rotatable bonds is 3. The predicted octanol–water partition coefficient (Wildman–Crippen LogP) is 4.90. The fourth-order valence-corrected chi connectivity index (χ4v) is 3.06. The molecule has 0 unspecified atom stereocenters. The molecule has 0 saturated carbocycles. The minimum absolute atomic E-state index is 0. The van der Waals surface area contributed by atoms with Crippen molar-refractivity contribution < 1.29 is 9.47 Å². The number of benzene rings is 2. The van der Waals surface area contributed by atoms with Gasteiger partial charge in [0.1, 0.15) is 13.2 Å². The Hall–Kier alpha value is -2.05. The molecule has 0 spiro atoms. The summed E-state index contributed by atoms with van der Waals surface area (Å²) in [6.45, 7) is 1.19. The van der Waals surface area contributed by atoms with Gasteiger partial charge in [-0.3, -0.25) is 0 Å². The first-order valence-electron chi connectivity index (χ1n) is 7.06. The van der Waals surface area contributed by atoms with Crippen molar-refractivity contribution in [1.29, 1.82) is 0 Å². The Morgan fingerprint density at radius 2 is 1.74 bits per heavy atom. The summed E-state index contributed by atoms with van der Waals surface area (Å²) in [6, 6.07) is 16.0. The predicted molar refractivity (Wildman–Crippen MR) is 98.6 cm³/mol. The van der Waals surface area contributed by atoms with Crippen molar-refractivity contribution in [3.05, 3.63) is 53.9 Å². The van der Waals surface area contributed by atoms with E-state index in [-0.39, 0.29) is 17.0 Å². The van der Waals surface area contributed by atoms with Crippen molar-refractivity contribution in [2.45, 2.75) is 0 Å². The quantitative estimate of drug-likeness (QED) is 0.690. The molecule has 23 heavy (non-hydrogen) atoms. The van der Waals surface area contributed by atoms with Crippen LogP contribution in [0.25, 0.3) is 11.3 Å². The summed E-state index contributed by atoms with van der Waals surface area (Å²) in [5.74, 6) is 1.57. The van der Waals surface area contributed by atoms with Crippen molar-refractivity contribution in [2.24, 2.45) is 0 Å². The highest BCUT2D eigenvalue weighted by molar-refractivity contribution is 8.93. The van der Waals surface area contributed by atoms with Gasteiger partial charge >= 0.3 is 0 Å². The second-order valence-electron chi connectivity index (χ2n) is 4.89. The van der Waals surface area contributed by atoms with Crippen LogP contribution in [0.4, 0.5) is 10.8 Å². The number of nitrogens with one attached hydrogen (secondary N) is 1. The highest BCUT2D eigenvalue weighted by atomic mass is 79.9. The highest BCUT2D eigenvalue weighted by Gasteiger charge is 2.12. The molecule has 1 aromatic heterocycles. The van der Waals surface area contributed by atoms with Crippen molar-refractivity contribution in [1.82, 2.24) is 4.98 Å². The molecule has 3 aromatic rings. The Kier molecular flexibility index (Phi) is 4.83. The van der Waals surface area contributed by atoms with Crippen LogP contribution in [-0.4, -0.2) is 18.2 Å². The largest absolute Gasteiger partial charge is 0.486 e. The number of halogens is 1. The van der Waals surface area contributed by atoms with E-state index in [4.69, 9.17) is 9.47 Å². The molecule has 118 valence electrons. The molecular formula is C17H15BrN2O2S. The van der Waals surface area contributed by atoms with E-state index < -0.39 is 0 Å². The first-order chi connectivity index (χ1) is 10.9. The number of ether oxygens (including phenoxy) is 2. The maximum Gasteiger partial charge on any atom is 0.187 e. The summed E-state index contributed by atoms with van der Waals surface area (Å²) in [6.07, 6.45) is 0.